The molecule has 0 spiro atoms. The number of alkyl carbamates (subject to hydrolysis) is 1. The average molecular weight is 291 g/mol. The van der Waals surface area contributed by atoms with Crippen molar-refractivity contribution in [2.75, 3.05) is 13.2 Å². The van der Waals surface area contributed by atoms with Gasteiger partial charge in [-0.15, -0.1) is 0 Å². The van der Waals surface area contributed by atoms with Crippen LogP contribution in [-0.2, 0) is 20.9 Å². The van der Waals surface area contributed by atoms with E-state index in [1.54, 1.807) is 0 Å². The summed E-state index contributed by atoms with van der Waals surface area (Å²) in [6.07, 6.45) is 0.233. The predicted molar refractivity (Wildman–Crippen MR) is 74.5 cm³/mol. The number of benzene rings is 1. The van der Waals surface area contributed by atoms with Crippen LogP contribution in [0, 0.1) is 0 Å². The number of rotatable bonds is 4. The van der Waals surface area contributed by atoms with E-state index in [1.807, 2.05) is 30.3 Å². The monoisotopic (exact) mass is 291 g/mol. The Morgan fingerprint density at radius 3 is 2.48 bits per heavy atom. The summed E-state index contributed by atoms with van der Waals surface area (Å²) >= 11 is 0. The van der Waals surface area contributed by atoms with E-state index in [-0.39, 0.29) is 12.3 Å². The van der Waals surface area contributed by atoms with E-state index >= 15 is 0 Å². The van der Waals surface area contributed by atoms with Crippen LogP contribution >= 0.6 is 0 Å². The molecule has 1 amide bonds. The molecule has 0 atom stereocenters. The summed E-state index contributed by atoms with van der Waals surface area (Å²) in [5.41, 5.74) is 1.41. The molecule has 0 bridgehead atoms. The molecule has 0 unspecified atom stereocenters. The molecule has 112 valence electrons. The Labute approximate surface area is 122 Å². The van der Waals surface area contributed by atoms with Crippen LogP contribution in [0.2, 0.25) is 0 Å². The average Bonchev–Trinajstić information content (AvgIpc) is 2.52. The van der Waals surface area contributed by atoms with E-state index in [4.69, 9.17) is 9.47 Å². The first-order valence-corrected chi connectivity index (χ1v) is 6.67. The third kappa shape index (κ3) is 4.61. The van der Waals surface area contributed by atoms with Gasteiger partial charge >= 0.3 is 12.1 Å². The normalized spacial score (nSPS) is 14.4. The zero-order valence-corrected chi connectivity index (χ0v) is 11.5. The quantitative estimate of drug-likeness (QED) is 0.829. The van der Waals surface area contributed by atoms with Gasteiger partial charge in [-0.3, -0.25) is 5.32 Å². The zero-order chi connectivity index (χ0) is 15.1. The van der Waals surface area contributed by atoms with Crippen molar-refractivity contribution in [2.24, 2.45) is 0 Å². The van der Waals surface area contributed by atoms with Gasteiger partial charge in [0.1, 0.15) is 12.3 Å². The fourth-order valence-corrected chi connectivity index (χ4v) is 2.02. The zero-order valence-electron chi connectivity index (χ0n) is 11.5. The molecule has 6 nitrogen and oxygen atoms in total. The number of hydrogen-bond donors (Lipinski definition) is 2. The maximum absolute atomic E-state index is 11.7. The number of hydrogen-bond acceptors (Lipinski definition) is 4. The van der Waals surface area contributed by atoms with Crippen molar-refractivity contribution in [3.05, 3.63) is 47.2 Å². The van der Waals surface area contributed by atoms with Gasteiger partial charge in [-0.25, -0.2) is 9.59 Å². The van der Waals surface area contributed by atoms with Crippen LogP contribution < -0.4 is 5.32 Å². The SMILES string of the molecule is O=C(NC(C(=O)O)=C1CCOCC1)OCc1ccccc1. The molecule has 1 aliphatic heterocycles. The van der Waals surface area contributed by atoms with Gasteiger partial charge in [-0.05, 0) is 24.0 Å². The van der Waals surface area contributed by atoms with Crippen LogP contribution in [0.3, 0.4) is 0 Å². The lowest BCUT2D eigenvalue weighted by Crippen LogP contribution is -2.30. The minimum atomic E-state index is -1.16. The van der Waals surface area contributed by atoms with Crippen LogP contribution in [0.4, 0.5) is 4.79 Å². The number of nitrogens with one attached hydrogen (secondary N) is 1. The molecule has 6 heteroatoms. The molecule has 1 aromatic carbocycles. The third-order valence-electron chi connectivity index (χ3n) is 3.10. The van der Waals surface area contributed by atoms with E-state index in [2.05, 4.69) is 5.32 Å². The molecule has 21 heavy (non-hydrogen) atoms. The van der Waals surface area contributed by atoms with Crippen LogP contribution in [0.5, 0.6) is 0 Å². The Kier molecular flexibility index (Phi) is 5.34. The number of carboxylic acids is 1. The molecule has 0 saturated carbocycles. The van der Waals surface area contributed by atoms with Crippen molar-refractivity contribution in [3.63, 3.8) is 0 Å². The smallest absolute Gasteiger partial charge is 0.412 e. The minimum absolute atomic E-state index is 0.0953. The first-order valence-electron chi connectivity index (χ1n) is 6.67. The number of carboxylic acid groups (broad SMARTS) is 1. The summed E-state index contributed by atoms with van der Waals surface area (Å²) in [5.74, 6) is -1.16. The number of carbonyl (C=O) groups is 2. The second-order valence-electron chi connectivity index (χ2n) is 4.58. The lowest BCUT2D eigenvalue weighted by Gasteiger charge is -2.18. The highest BCUT2D eigenvalue weighted by Crippen LogP contribution is 2.17. The second kappa shape index (κ2) is 7.44. The van der Waals surface area contributed by atoms with Crippen molar-refractivity contribution in [1.29, 1.82) is 0 Å². The molecule has 2 N–H and O–H groups in total. The first-order chi connectivity index (χ1) is 10.2. The molecule has 0 aromatic heterocycles. The molecule has 2 rings (SSSR count). The highest BCUT2D eigenvalue weighted by molar-refractivity contribution is 5.91. The van der Waals surface area contributed by atoms with Crippen LogP contribution in [-0.4, -0.2) is 30.4 Å². The van der Waals surface area contributed by atoms with Gasteiger partial charge in [0.25, 0.3) is 0 Å². The summed E-state index contributed by atoms with van der Waals surface area (Å²) in [6.45, 7) is 1.03. The van der Waals surface area contributed by atoms with Crippen molar-refractivity contribution in [2.45, 2.75) is 19.4 Å². The van der Waals surface area contributed by atoms with Crippen LogP contribution in [0.25, 0.3) is 0 Å². The molecule has 1 aliphatic rings. The maximum atomic E-state index is 11.7. The van der Waals surface area contributed by atoms with Crippen LogP contribution in [0.1, 0.15) is 18.4 Å². The standard InChI is InChI=1S/C15H17NO5/c17-14(18)13(12-6-8-20-9-7-12)16-15(19)21-10-11-4-2-1-3-5-11/h1-5H,6-10H2,(H,16,19)(H,17,18). The lowest BCUT2D eigenvalue weighted by molar-refractivity contribution is -0.133. The van der Waals surface area contributed by atoms with Crippen molar-refractivity contribution in [1.82, 2.24) is 5.32 Å². The molecule has 1 aromatic rings. The van der Waals surface area contributed by atoms with Gasteiger partial charge < -0.3 is 14.6 Å². The Morgan fingerprint density at radius 2 is 1.86 bits per heavy atom. The van der Waals surface area contributed by atoms with Gasteiger partial charge in [-0.2, -0.15) is 0 Å². The van der Waals surface area contributed by atoms with Crippen molar-refractivity contribution < 1.29 is 24.2 Å². The van der Waals surface area contributed by atoms with Crippen molar-refractivity contribution >= 4 is 12.1 Å². The topological polar surface area (TPSA) is 84.9 Å². The number of aliphatic carboxylic acids is 1. The van der Waals surface area contributed by atoms with Gasteiger partial charge in [0.2, 0.25) is 0 Å². The Hall–Kier alpha value is -2.34. The van der Waals surface area contributed by atoms with E-state index in [0.29, 0.717) is 31.6 Å². The highest BCUT2D eigenvalue weighted by atomic mass is 16.5. The molecular weight excluding hydrogens is 274 g/mol. The summed E-state index contributed by atoms with van der Waals surface area (Å²) < 4.78 is 10.2. The van der Waals surface area contributed by atoms with Crippen molar-refractivity contribution in [3.8, 4) is 0 Å². The molecular formula is C15H17NO5. The highest BCUT2D eigenvalue weighted by Gasteiger charge is 2.20. The van der Waals surface area contributed by atoms with E-state index < -0.39 is 12.1 Å². The van der Waals surface area contributed by atoms with E-state index in [0.717, 1.165) is 5.56 Å². The molecule has 1 heterocycles. The fraction of sp³-hybridized carbons (Fsp3) is 0.333. The summed E-state index contributed by atoms with van der Waals surface area (Å²) in [5, 5.41) is 11.5. The Balaban J connectivity index is 1.94. The van der Waals surface area contributed by atoms with Gasteiger partial charge in [0.15, 0.2) is 0 Å². The Bertz CT molecular complexity index is 530. The predicted octanol–water partition coefficient (Wildman–Crippen LogP) is 2.06. The molecule has 1 saturated heterocycles. The lowest BCUT2D eigenvalue weighted by atomic mass is 10.1. The molecule has 0 radical (unpaired) electrons. The second-order valence-corrected chi connectivity index (χ2v) is 4.58. The minimum Gasteiger partial charge on any atom is -0.477 e. The molecule has 0 aliphatic carbocycles. The number of amides is 1. The van der Waals surface area contributed by atoms with Crippen LogP contribution in [0.15, 0.2) is 41.6 Å². The summed E-state index contributed by atoms with van der Waals surface area (Å²) in [4.78, 5) is 23.0. The summed E-state index contributed by atoms with van der Waals surface area (Å²) in [7, 11) is 0. The Morgan fingerprint density at radius 1 is 1.19 bits per heavy atom. The largest absolute Gasteiger partial charge is 0.477 e. The maximum Gasteiger partial charge on any atom is 0.412 e. The van der Waals surface area contributed by atoms with Gasteiger partial charge in [0.05, 0.1) is 13.2 Å². The summed E-state index contributed by atoms with van der Waals surface area (Å²) in [6, 6.07) is 9.18. The number of ether oxygens (including phenoxy) is 2. The van der Waals surface area contributed by atoms with Gasteiger partial charge in [-0.1, -0.05) is 30.3 Å². The van der Waals surface area contributed by atoms with E-state index in [1.165, 1.54) is 0 Å². The fourth-order valence-electron chi connectivity index (χ4n) is 2.02. The third-order valence-corrected chi connectivity index (χ3v) is 3.10. The van der Waals surface area contributed by atoms with Gasteiger partial charge in [0, 0.05) is 0 Å². The molecule has 1 fully saturated rings. The van der Waals surface area contributed by atoms with E-state index in [9.17, 15) is 14.7 Å². The number of carbonyl (C=O) groups excluding carboxylic acids is 1. The first kappa shape index (κ1) is 15.1.